The van der Waals surface area contributed by atoms with Crippen LogP contribution in [-0.2, 0) is 6.54 Å². The van der Waals surface area contributed by atoms with Crippen molar-refractivity contribution >= 4 is 11.0 Å². The van der Waals surface area contributed by atoms with Crippen LogP contribution in [0.4, 0.5) is 0 Å². The molecule has 1 aromatic carbocycles. The highest BCUT2D eigenvalue weighted by Gasteiger charge is 2.30. The van der Waals surface area contributed by atoms with Crippen LogP contribution in [0, 0.1) is 11.8 Å². The Morgan fingerprint density at radius 1 is 1.21 bits per heavy atom. The fraction of sp³-hybridized carbons (Fsp3) is 0.650. The van der Waals surface area contributed by atoms with E-state index in [0.29, 0.717) is 18.4 Å². The molecule has 2 N–H and O–H groups in total. The monoisotopic (exact) mass is 328 g/mol. The lowest BCUT2D eigenvalue weighted by atomic mass is 9.83. The molecular formula is C20H32N4. The van der Waals surface area contributed by atoms with Crippen LogP contribution in [0.15, 0.2) is 24.3 Å². The van der Waals surface area contributed by atoms with E-state index in [1.165, 1.54) is 43.8 Å². The molecule has 24 heavy (non-hydrogen) atoms. The highest BCUT2D eigenvalue weighted by atomic mass is 15.1. The van der Waals surface area contributed by atoms with Crippen LogP contribution >= 0.6 is 0 Å². The molecule has 1 atom stereocenters. The van der Waals surface area contributed by atoms with Gasteiger partial charge in [0, 0.05) is 25.6 Å². The third-order valence-corrected chi connectivity index (χ3v) is 5.41. The van der Waals surface area contributed by atoms with E-state index in [9.17, 15) is 0 Å². The second kappa shape index (κ2) is 7.66. The van der Waals surface area contributed by atoms with Gasteiger partial charge in [0.05, 0.1) is 11.0 Å². The molecule has 0 saturated carbocycles. The van der Waals surface area contributed by atoms with Gasteiger partial charge in [-0.25, -0.2) is 4.98 Å². The van der Waals surface area contributed by atoms with Crippen LogP contribution in [0.25, 0.3) is 11.0 Å². The number of nitrogens with two attached hydrogens (primary N) is 1. The normalized spacial score (nSPS) is 18.5. The Bertz CT molecular complexity index is 653. The van der Waals surface area contributed by atoms with Gasteiger partial charge in [-0.05, 0) is 56.8 Å². The number of para-hydroxylation sites is 2. The lowest BCUT2D eigenvalue weighted by Gasteiger charge is -2.36. The van der Waals surface area contributed by atoms with Crippen LogP contribution < -0.4 is 5.73 Å². The van der Waals surface area contributed by atoms with Crippen molar-refractivity contribution in [1.82, 2.24) is 14.5 Å². The van der Waals surface area contributed by atoms with E-state index in [4.69, 9.17) is 10.7 Å². The molecule has 4 nitrogen and oxygen atoms in total. The summed E-state index contributed by atoms with van der Waals surface area (Å²) in [5.74, 6) is 2.97. The van der Waals surface area contributed by atoms with Crippen molar-refractivity contribution in [3.05, 3.63) is 30.1 Å². The van der Waals surface area contributed by atoms with E-state index in [1.54, 1.807) is 0 Å². The molecule has 1 aliphatic heterocycles. The van der Waals surface area contributed by atoms with Crippen LogP contribution in [0.3, 0.4) is 0 Å². The van der Waals surface area contributed by atoms with Gasteiger partial charge in [-0.2, -0.15) is 0 Å². The molecule has 2 heterocycles. The highest BCUT2D eigenvalue weighted by molar-refractivity contribution is 5.76. The predicted molar refractivity (Wildman–Crippen MR) is 101 cm³/mol. The molecule has 0 radical (unpaired) electrons. The summed E-state index contributed by atoms with van der Waals surface area (Å²) in [6.07, 6.45) is 2.48. The van der Waals surface area contributed by atoms with Gasteiger partial charge in [0.25, 0.3) is 0 Å². The van der Waals surface area contributed by atoms with Crippen molar-refractivity contribution in [3.63, 3.8) is 0 Å². The number of aromatic nitrogens is 2. The van der Waals surface area contributed by atoms with Crippen LogP contribution in [0.5, 0.6) is 0 Å². The first-order valence-corrected chi connectivity index (χ1v) is 9.51. The van der Waals surface area contributed by atoms with Gasteiger partial charge < -0.3 is 15.2 Å². The fourth-order valence-electron chi connectivity index (χ4n) is 4.27. The molecule has 132 valence electrons. The average molecular weight is 329 g/mol. The largest absolute Gasteiger partial charge is 0.330 e. The molecule has 1 aliphatic rings. The number of imidazole rings is 1. The van der Waals surface area contributed by atoms with Crippen LogP contribution in [-0.4, -0.2) is 40.6 Å². The predicted octanol–water partition coefficient (Wildman–Crippen LogP) is 3.47. The number of hydrogen-bond donors (Lipinski definition) is 1. The van der Waals surface area contributed by atoms with E-state index < -0.39 is 0 Å². The number of likely N-dealkylation sites (tertiary alicyclic amines) is 1. The van der Waals surface area contributed by atoms with E-state index in [1.807, 2.05) is 0 Å². The van der Waals surface area contributed by atoms with Gasteiger partial charge in [-0.1, -0.05) is 26.0 Å². The number of piperidine rings is 1. The zero-order chi connectivity index (χ0) is 17.1. The number of nitrogens with zero attached hydrogens (tertiary/aromatic N) is 3. The first-order valence-electron chi connectivity index (χ1n) is 9.51. The van der Waals surface area contributed by atoms with Crippen LogP contribution in [0.2, 0.25) is 0 Å². The molecule has 1 aromatic heterocycles. The second-order valence-corrected chi connectivity index (χ2v) is 7.58. The van der Waals surface area contributed by atoms with Gasteiger partial charge in [0.2, 0.25) is 0 Å². The SMILES string of the molecule is CCn1c(C(CN)C2CCN(CC(C)C)CC2)nc2ccccc21. The Morgan fingerprint density at radius 2 is 1.92 bits per heavy atom. The summed E-state index contributed by atoms with van der Waals surface area (Å²) in [5, 5.41) is 0. The van der Waals surface area contributed by atoms with Crippen molar-refractivity contribution in [2.75, 3.05) is 26.2 Å². The summed E-state index contributed by atoms with van der Waals surface area (Å²) in [6, 6.07) is 8.46. The van der Waals surface area contributed by atoms with Gasteiger partial charge in [0.1, 0.15) is 5.82 Å². The quantitative estimate of drug-likeness (QED) is 0.883. The third-order valence-electron chi connectivity index (χ3n) is 5.41. The minimum atomic E-state index is 0.374. The zero-order valence-corrected chi connectivity index (χ0v) is 15.4. The number of rotatable bonds is 6. The summed E-state index contributed by atoms with van der Waals surface area (Å²) in [7, 11) is 0. The molecule has 1 unspecified atom stereocenters. The molecule has 0 bridgehead atoms. The molecule has 1 saturated heterocycles. The summed E-state index contributed by atoms with van der Waals surface area (Å²) < 4.78 is 2.37. The molecule has 0 amide bonds. The topological polar surface area (TPSA) is 47.1 Å². The molecule has 2 aromatic rings. The number of benzene rings is 1. The highest BCUT2D eigenvalue weighted by Crippen LogP contribution is 2.33. The first-order chi connectivity index (χ1) is 11.6. The van der Waals surface area contributed by atoms with Crippen LogP contribution in [0.1, 0.15) is 45.4 Å². The van der Waals surface area contributed by atoms with E-state index in [0.717, 1.165) is 18.0 Å². The third kappa shape index (κ3) is 3.50. The molecule has 4 heteroatoms. The second-order valence-electron chi connectivity index (χ2n) is 7.58. The zero-order valence-electron chi connectivity index (χ0n) is 15.4. The Labute approximate surface area is 146 Å². The minimum Gasteiger partial charge on any atom is -0.330 e. The minimum absolute atomic E-state index is 0.374. The maximum absolute atomic E-state index is 6.23. The lowest BCUT2D eigenvalue weighted by Crippen LogP contribution is -2.39. The Morgan fingerprint density at radius 3 is 2.54 bits per heavy atom. The van der Waals surface area contributed by atoms with Gasteiger partial charge in [-0.3, -0.25) is 0 Å². The smallest absolute Gasteiger partial charge is 0.114 e. The molecule has 0 aliphatic carbocycles. The summed E-state index contributed by atoms with van der Waals surface area (Å²) >= 11 is 0. The average Bonchev–Trinajstić information content (AvgIpc) is 2.95. The van der Waals surface area contributed by atoms with E-state index in [2.05, 4.69) is 54.5 Å². The number of fused-ring (bicyclic) bond motifs is 1. The van der Waals surface area contributed by atoms with Crippen molar-refractivity contribution in [2.45, 2.75) is 46.1 Å². The van der Waals surface area contributed by atoms with Crippen molar-refractivity contribution in [1.29, 1.82) is 0 Å². The number of hydrogen-bond acceptors (Lipinski definition) is 3. The van der Waals surface area contributed by atoms with Gasteiger partial charge in [-0.15, -0.1) is 0 Å². The van der Waals surface area contributed by atoms with Crippen molar-refractivity contribution < 1.29 is 0 Å². The van der Waals surface area contributed by atoms with E-state index >= 15 is 0 Å². The van der Waals surface area contributed by atoms with Gasteiger partial charge in [0.15, 0.2) is 0 Å². The molecule has 0 spiro atoms. The Hall–Kier alpha value is -1.39. The summed E-state index contributed by atoms with van der Waals surface area (Å²) in [5.41, 5.74) is 8.57. The van der Waals surface area contributed by atoms with Gasteiger partial charge >= 0.3 is 0 Å². The Balaban J connectivity index is 1.80. The van der Waals surface area contributed by atoms with Crippen molar-refractivity contribution in [2.24, 2.45) is 17.6 Å². The maximum Gasteiger partial charge on any atom is 0.114 e. The molecule has 3 rings (SSSR count). The summed E-state index contributed by atoms with van der Waals surface area (Å²) in [4.78, 5) is 7.58. The summed E-state index contributed by atoms with van der Waals surface area (Å²) in [6.45, 7) is 12.1. The lowest BCUT2D eigenvalue weighted by molar-refractivity contribution is 0.152. The standard InChI is InChI=1S/C20H32N4/c1-4-24-19-8-6-5-7-18(19)22-20(24)17(13-21)16-9-11-23(12-10-16)14-15(2)3/h5-8,15-17H,4,9-14,21H2,1-3H3. The molecule has 1 fully saturated rings. The maximum atomic E-state index is 6.23. The van der Waals surface area contributed by atoms with Crippen molar-refractivity contribution in [3.8, 4) is 0 Å². The number of aryl methyl sites for hydroxylation is 1. The molecular weight excluding hydrogens is 296 g/mol. The Kier molecular flexibility index (Phi) is 5.57. The first kappa shape index (κ1) is 17.4. The fourth-order valence-corrected chi connectivity index (χ4v) is 4.27. The van der Waals surface area contributed by atoms with E-state index in [-0.39, 0.29) is 0 Å².